The van der Waals surface area contributed by atoms with Gasteiger partial charge in [0.15, 0.2) is 0 Å². The lowest BCUT2D eigenvalue weighted by molar-refractivity contribution is 0.394. The molecule has 0 aliphatic carbocycles. The van der Waals surface area contributed by atoms with Crippen LogP contribution in [-0.4, -0.2) is 23.7 Å². The summed E-state index contributed by atoms with van der Waals surface area (Å²) in [4.78, 5) is 8.93. The number of rotatable bonds is 4. The second-order valence-electron chi connectivity index (χ2n) is 4.16. The maximum absolute atomic E-state index is 5.24. The Morgan fingerprint density at radius 3 is 2.67 bits per heavy atom. The fourth-order valence-corrected chi connectivity index (χ4v) is 1.47. The van der Waals surface area contributed by atoms with Gasteiger partial charge < -0.3 is 14.6 Å². The van der Waals surface area contributed by atoms with Gasteiger partial charge in [0.2, 0.25) is 11.5 Å². The van der Waals surface area contributed by atoms with Crippen molar-refractivity contribution in [2.24, 2.45) is 12.0 Å². The van der Waals surface area contributed by atoms with E-state index in [4.69, 9.17) is 4.74 Å². The van der Waals surface area contributed by atoms with Crippen molar-refractivity contribution in [3.8, 4) is 5.88 Å². The van der Waals surface area contributed by atoms with E-state index in [1.165, 1.54) is 5.57 Å². The lowest BCUT2D eigenvalue weighted by Crippen LogP contribution is -2.23. The molecule has 0 radical (unpaired) electrons. The van der Waals surface area contributed by atoms with Gasteiger partial charge in [-0.25, -0.2) is 4.99 Å². The first kappa shape index (κ1) is 14.3. The molecule has 5 heteroatoms. The predicted molar refractivity (Wildman–Crippen MR) is 73.5 cm³/mol. The molecule has 100 valence electrons. The average Bonchev–Trinajstić information content (AvgIpc) is 2.39. The van der Waals surface area contributed by atoms with Gasteiger partial charge in [-0.15, -0.1) is 0 Å². The van der Waals surface area contributed by atoms with E-state index >= 15 is 0 Å². The Balaban J connectivity index is 3.38. The van der Waals surface area contributed by atoms with Crippen molar-refractivity contribution in [2.45, 2.75) is 27.2 Å². The number of hydrogen-bond acceptors (Lipinski definition) is 4. The van der Waals surface area contributed by atoms with Gasteiger partial charge in [0.1, 0.15) is 5.69 Å². The van der Waals surface area contributed by atoms with Gasteiger partial charge in [-0.05, 0) is 20.3 Å². The Bertz CT molecular complexity index is 514. The predicted octanol–water partition coefficient (Wildman–Crippen LogP) is 2.08. The van der Waals surface area contributed by atoms with Gasteiger partial charge >= 0.3 is 0 Å². The second kappa shape index (κ2) is 6.23. The molecule has 0 saturated heterocycles. The SMILES string of the molecule is CC/C(C)=C(\C)N=c1nc(OC)c(NC)cn1C. The lowest BCUT2D eigenvalue weighted by atomic mass is 10.2. The summed E-state index contributed by atoms with van der Waals surface area (Å²) in [5, 5.41) is 3.04. The first-order valence-corrected chi connectivity index (χ1v) is 6.04. The standard InChI is InChI=1S/C13H22N4O/c1-7-9(2)10(3)15-13-16-12(18-6)11(14-4)8-17(13)5/h8,14H,7H2,1-6H3/b10-9+,15-13?. The molecule has 18 heavy (non-hydrogen) atoms. The molecular formula is C13H22N4O. The summed E-state index contributed by atoms with van der Waals surface area (Å²) in [6.07, 6.45) is 2.91. The molecule has 1 heterocycles. The Kier molecular flexibility index (Phi) is 4.95. The average molecular weight is 250 g/mol. The summed E-state index contributed by atoms with van der Waals surface area (Å²) in [6.45, 7) is 6.20. The minimum absolute atomic E-state index is 0.552. The first-order valence-electron chi connectivity index (χ1n) is 6.04. The summed E-state index contributed by atoms with van der Waals surface area (Å²) >= 11 is 0. The van der Waals surface area contributed by atoms with Crippen LogP contribution in [0.25, 0.3) is 0 Å². The Morgan fingerprint density at radius 1 is 1.50 bits per heavy atom. The van der Waals surface area contributed by atoms with Crippen LogP contribution in [-0.2, 0) is 7.05 Å². The quantitative estimate of drug-likeness (QED) is 0.890. The van der Waals surface area contributed by atoms with E-state index in [0.29, 0.717) is 11.5 Å². The zero-order valence-corrected chi connectivity index (χ0v) is 12.0. The lowest BCUT2D eigenvalue weighted by Gasteiger charge is -2.09. The first-order chi connectivity index (χ1) is 8.53. The van der Waals surface area contributed by atoms with Crippen LogP contribution in [0.15, 0.2) is 22.5 Å². The van der Waals surface area contributed by atoms with Crippen LogP contribution in [0.1, 0.15) is 27.2 Å². The number of anilines is 1. The van der Waals surface area contributed by atoms with Crippen LogP contribution >= 0.6 is 0 Å². The smallest absolute Gasteiger partial charge is 0.241 e. The molecule has 0 spiro atoms. The molecule has 0 fully saturated rings. The van der Waals surface area contributed by atoms with Crippen LogP contribution in [0.5, 0.6) is 5.88 Å². The van der Waals surface area contributed by atoms with E-state index in [1.54, 1.807) is 7.11 Å². The highest BCUT2D eigenvalue weighted by Crippen LogP contribution is 2.17. The van der Waals surface area contributed by atoms with E-state index in [-0.39, 0.29) is 0 Å². The van der Waals surface area contributed by atoms with E-state index in [2.05, 4.69) is 29.1 Å². The van der Waals surface area contributed by atoms with Crippen molar-refractivity contribution in [1.82, 2.24) is 9.55 Å². The molecule has 0 amide bonds. The van der Waals surface area contributed by atoms with Crippen molar-refractivity contribution in [3.63, 3.8) is 0 Å². The zero-order valence-electron chi connectivity index (χ0n) is 12.0. The highest BCUT2D eigenvalue weighted by Gasteiger charge is 2.04. The molecule has 1 aromatic rings. The number of allylic oxidation sites excluding steroid dienone is 2. The highest BCUT2D eigenvalue weighted by molar-refractivity contribution is 5.49. The summed E-state index contributed by atoms with van der Waals surface area (Å²) in [5.41, 5.74) is 3.73. The number of nitrogens with zero attached hydrogens (tertiary/aromatic N) is 3. The Labute approximate surface area is 108 Å². The van der Waals surface area contributed by atoms with Gasteiger partial charge in [0.25, 0.3) is 0 Å². The van der Waals surface area contributed by atoms with Crippen LogP contribution < -0.4 is 15.7 Å². The zero-order chi connectivity index (χ0) is 13.7. The third-order valence-electron chi connectivity index (χ3n) is 2.95. The fourth-order valence-electron chi connectivity index (χ4n) is 1.47. The van der Waals surface area contributed by atoms with Gasteiger partial charge in [0, 0.05) is 26.0 Å². The van der Waals surface area contributed by atoms with Crippen LogP contribution in [0, 0.1) is 0 Å². The van der Waals surface area contributed by atoms with Crippen molar-refractivity contribution in [3.05, 3.63) is 23.1 Å². The third kappa shape index (κ3) is 3.12. The summed E-state index contributed by atoms with van der Waals surface area (Å²) < 4.78 is 7.11. The largest absolute Gasteiger partial charge is 0.479 e. The summed E-state index contributed by atoms with van der Waals surface area (Å²) in [5.74, 6) is 0.552. The van der Waals surface area contributed by atoms with Crippen molar-refractivity contribution in [1.29, 1.82) is 0 Å². The highest BCUT2D eigenvalue weighted by atomic mass is 16.5. The van der Waals surface area contributed by atoms with E-state index in [0.717, 1.165) is 17.8 Å². The van der Waals surface area contributed by atoms with E-state index < -0.39 is 0 Å². The summed E-state index contributed by atoms with van der Waals surface area (Å²) in [7, 11) is 5.36. The monoisotopic (exact) mass is 250 g/mol. The second-order valence-corrected chi connectivity index (χ2v) is 4.16. The normalized spacial score (nSPS) is 13.3. The molecule has 0 saturated carbocycles. The van der Waals surface area contributed by atoms with Gasteiger partial charge in [-0.2, -0.15) is 4.98 Å². The molecule has 1 rings (SSSR count). The fraction of sp³-hybridized carbons (Fsp3) is 0.538. The maximum atomic E-state index is 5.24. The molecule has 5 nitrogen and oxygen atoms in total. The van der Waals surface area contributed by atoms with E-state index in [9.17, 15) is 0 Å². The molecule has 0 bridgehead atoms. The van der Waals surface area contributed by atoms with Crippen LogP contribution in [0.4, 0.5) is 5.69 Å². The number of aryl methyl sites for hydroxylation is 1. The van der Waals surface area contributed by atoms with Gasteiger partial charge in [0.05, 0.1) is 7.11 Å². The third-order valence-corrected chi connectivity index (χ3v) is 2.95. The number of nitrogens with one attached hydrogen (secondary N) is 1. The van der Waals surface area contributed by atoms with Gasteiger partial charge in [-0.3, -0.25) is 0 Å². The molecule has 1 N–H and O–H groups in total. The number of ether oxygens (including phenoxy) is 1. The minimum atomic E-state index is 0.552. The molecule has 0 aliphatic rings. The van der Waals surface area contributed by atoms with Crippen molar-refractivity contribution >= 4 is 5.69 Å². The molecule has 0 aliphatic heterocycles. The molecule has 0 atom stereocenters. The Hall–Kier alpha value is -1.78. The molecule has 0 unspecified atom stereocenters. The maximum Gasteiger partial charge on any atom is 0.241 e. The summed E-state index contributed by atoms with van der Waals surface area (Å²) in [6, 6.07) is 0. The van der Waals surface area contributed by atoms with Crippen molar-refractivity contribution in [2.75, 3.05) is 19.5 Å². The van der Waals surface area contributed by atoms with Crippen molar-refractivity contribution < 1.29 is 4.74 Å². The van der Waals surface area contributed by atoms with Crippen LogP contribution in [0.3, 0.4) is 0 Å². The number of methoxy groups -OCH3 is 1. The molecule has 1 aromatic heterocycles. The number of aromatic nitrogens is 2. The van der Waals surface area contributed by atoms with Crippen LogP contribution in [0.2, 0.25) is 0 Å². The Morgan fingerprint density at radius 2 is 2.17 bits per heavy atom. The molecular weight excluding hydrogens is 228 g/mol. The van der Waals surface area contributed by atoms with Gasteiger partial charge in [-0.1, -0.05) is 12.5 Å². The molecule has 0 aromatic carbocycles. The van der Waals surface area contributed by atoms with E-state index in [1.807, 2.05) is 31.8 Å². The number of hydrogen-bond donors (Lipinski definition) is 1. The topological polar surface area (TPSA) is 51.4 Å². The minimum Gasteiger partial charge on any atom is -0.479 e.